The van der Waals surface area contributed by atoms with E-state index < -0.39 is 56.7 Å². The number of hydrogen-bond acceptors (Lipinski definition) is 11. The summed E-state index contributed by atoms with van der Waals surface area (Å²) in [5, 5.41) is 29.3. The van der Waals surface area contributed by atoms with Crippen molar-refractivity contribution < 1.29 is 65.9 Å². The van der Waals surface area contributed by atoms with Crippen molar-refractivity contribution in [3.8, 4) is 0 Å². The molecular formula is C21H20ClF3N5O11P. The van der Waals surface area contributed by atoms with E-state index >= 15 is 0 Å². The Morgan fingerprint density at radius 3 is 2.60 bits per heavy atom. The number of hydrogen-bond donors (Lipinski definition) is 6. The highest BCUT2D eigenvalue weighted by Crippen LogP contribution is 2.34. The molecule has 1 fully saturated rings. The van der Waals surface area contributed by atoms with Crippen LogP contribution in [0.2, 0.25) is 5.02 Å². The van der Waals surface area contributed by atoms with Crippen molar-refractivity contribution >= 4 is 53.5 Å². The molecule has 4 heterocycles. The average molecular weight is 642 g/mol. The lowest BCUT2D eigenvalue weighted by molar-refractivity contribution is -0.746. The van der Waals surface area contributed by atoms with Gasteiger partial charge in [-0.25, -0.2) is 13.9 Å². The van der Waals surface area contributed by atoms with Crippen LogP contribution in [0.4, 0.5) is 19.1 Å². The van der Waals surface area contributed by atoms with Crippen molar-refractivity contribution in [2.24, 2.45) is 0 Å². The molecule has 228 valence electrons. The fourth-order valence-electron chi connectivity index (χ4n) is 4.06. The van der Waals surface area contributed by atoms with Crippen LogP contribution in [0, 0.1) is 0 Å². The van der Waals surface area contributed by atoms with Crippen LogP contribution in [0.25, 0.3) is 22.1 Å². The number of aliphatic carboxylic acids is 1. The molecule has 0 bridgehead atoms. The SMILES string of the molecule is Nc1nc2c(c(=O)[nH]1)n(Cc1cc3cc(Cl)ccc3o1)c[n+]2[C@@H]1O[C@H](COP(=O)([O-])O)[C@@H](O)[C@H]1O.O=C(O)C(F)(F)F. The summed E-state index contributed by atoms with van der Waals surface area (Å²) >= 11 is 6.03. The summed E-state index contributed by atoms with van der Waals surface area (Å²) in [7, 11) is -5.09. The van der Waals surface area contributed by atoms with Gasteiger partial charge in [0.1, 0.15) is 36.2 Å². The third kappa shape index (κ3) is 6.90. The van der Waals surface area contributed by atoms with E-state index in [1.54, 1.807) is 24.3 Å². The summed E-state index contributed by atoms with van der Waals surface area (Å²) in [5.41, 5.74) is 5.83. The summed E-state index contributed by atoms with van der Waals surface area (Å²) in [6, 6.07) is 6.88. The van der Waals surface area contributed by atoms with Gasteiger partial charge in [-0.05, 0) is 24.3 Å². The third-order valence-electron chi connectivity index (χ3n) is 5.80. The predicted octanol–water partition coefficient (Wildman–Crippen LogP) is -0.228. The van der Waals surface area contributed by atoms with E-state index in [1.165, 1.54) is 15.5 Å². The van der Waals surface area contributed by atoms with Gasteiger partial charge < -0.3 is 44.5 Å². The number of rotatable bonds is 6. The second kappa shape index (κ2) is 11.6. The molecule has 5 atom stereocenters. The van der Waals surface area contributed by atoms with Crippen molar-refractivity contribution in [3.05, 3.63) is 51.7 Å². The number of nitrogens with one attached hydrogen (secondary N) is 1. The molecule has 42 heavy (non-hydrogen) atoms. The normalized spacial score (nSPS) is 22.2. The third-order valence-corrected chi connectivity index (χ3v) is 6.51. The fourth-order valence-corrected chi connectivity index (χ4v) is 4.57. The van der Waals surface area contributed by atoms with E-state index in [0.29, 0.717) is 16.4 Å². The van der Waals surface area contributed by atoms with E-state index in [2.05, 4.69) is 14.5 Å². The summed E-state index contributed by atoms with van der Waals surface area (Å²) in [4.78, 5) is 47.9. The molecular weight excluding hydrogens is 622 g/mol. The minimum Gasteiger partial charge on any atom is -0.756 e. The summed E-state index contributed by atoms with van der Waals surface area (Å²) in [6.45, 7) is -0.671. The standard InChI is InChI=1S/C19H19ClN5O9P.C2HF3O2/c20-9-1-2-11-8(3-9)4-10(33-11)5-24-7-25(16-13(24)17(28)23-19(21)22-16)18-15(27)14(26)12(34-18)6-32-35(29,30)31;3-2(4,5)1(6)7/h1-4,7,12,14-15,18,26-27H,5-6H2,(H4-,21,22,23,28,29,30,31);(H,6,7)/t12-,14-,15-,18-;/m1./s1. The number of anilines is 1. The zero-order chi connectivity index (χ0) is 31.1. The zero-order valence-corrected chi connectivity index (χ0v) is 22.3. The Morgan fingerprint density at radius 2 is 1.98 bits per heavy atom. The minimum atomic E-state index is -5.09. The smallest absolute Gasteiger partial charge is 0.490 e. The first-order chi connectivity index (χ1) is 19.4. The van der Waals surface area contributed by atoms with E-state index in [9.17, 15) is 37.6 Å². The fraction of sp³-hybridized carbons (Fsp3) is 0.333. The van der Waals surface area contributed by atoms with Gasteiger partial charge in [0.25, 0.3) is 19.3 Å². The number of halogens is 4. The van der Waals surface area contributed by atoms with Crippen molar-refractivity contribution in [2.75, 3.05) is 12.3 Å². The number of carboxylic acid groups (broad SMARTS) is 1. The highest BCUT2D eigenvalue weighted by molar-refractivity contribution is 7.44. The number of ether oxygens (including phenoxy) is 1. The first kappa shape index (κ1) is 31.4. The van der Waals surface area contributed by atoms with Crippen molar-refractivity contribution in [1.82, 2.24) is 14.5 Å². The van der Waals surface area contributed by atoms with Crippen LogP contribution in [-0.2, 0) is 25.2 Å². The number of alkyl halides is 3. The van der Waals surface area contributed by atoms with Gasteiger partial charge in [-0.15, -0.1) is 0 Å². The number of nitrogen functional groups attached to an aromatic ring is 1. The first-order valence-electron chi connectivity index (χ1n) is 11.4. The number of furan rings is 1. The van der Waals surface area contributed by atoms with E-state index in [-0.39, 0.29) is 23.7 Å². The summed E-state index contributed by atoms with van der Waals surface area (Å²) in [5.74, 6) is -2.48. The number of phosphoric ester groups is 1. The number of H-pyrrole nitrogens is 1. The highest BCUT2D eigenvalue weighted by Gasteiger charge is 2.47. The molecule has 1 unspecified atom stereocenters. The summed E-state index contributed by atoms with van der Waals surface area (Å²) in [6.07, 6.45) is -9.41. The molecule has 0 amide bonds. The van der Waals surface area contributed by atoms with Crippen LogP contribution in [0.1, 0.15) is 12.0 Å². The van der Waals surface area contributed by atoms with Gasteiger partial charge in [-0.3, -0.25) is 14.3 Å². The Bertz CT molecular complexity index is 1740. The Morgan fingerprint density at radius 1 is 1.31 bits per heavy atom. The molecule has 4 aromatic rings. The number of aliphatic hydroxyl groups is 2. The van der Waals surface area contributed by atoms with E-state index in [1.807, 2.05) is 0 Å². The second-order valence-corrected chi connectivity index (χ2v) is 10.4. The molecule has 1 saturated heterocycles. The molecule has 7 N–H and O–H groups in total. The Hall–Kier alpha value is -3.55. The van der Waals surface area contributed by atoms with Gasteiger partial charge in [0.2, 0.25) is 11.7 Å². The Balaban J connectivity index is 0.000000517. The number of aromatic amines is 1. The first-order valence-corrected chi connectivity index (χ1v) is 13.3. The van der Waals surface area contributed by atoms with Gasteiger partial charge in [-0.1, -0.05) is 16.6 Å². The number of phosphoric acid groups is 1. The number of aliphatic hydroxyl groups excluding tert-OH is 2. The maximum atomic E-state index is 12.8. The summed E-state index contributed by atoms with van der Waals surface area (Å²) < 4.78 is 61.2. The van der Waals surface area contributed by atoms with Gasteiger partial charge in [0.15, 0.2) is 6.33 Å². The molecule has 0 spiro atoms. The van der Waals surface area contributed by atoms with Gasteiger partial charge in [0, 0.05) is 10.4 Å². The average Bonchev–Trinajstić information content (AvgIpc) is 3.51. The lowest BCUT2D eigenvalue weighted by atomic mass is 10.1. The number of imidazole rings is 1. The number of aromatic nitrogens is 4. The Labute approximate surface area is 235 Å². The quantitative estimate of drug-likeness (QED) is 0.118. The topological polar surface area (TPSA) is 250 Å². The monoisotopic (exact) mass is 641 g/mol. The predicted molar refractivity (Wildman–Crippen MR) is 131 cm³/mol. The number of carbonyl (C=O) groups is 1. The number of nitrogens with two attached hydrogens (primary N) is 1. The van der Waals surface area contributed by atoms with Gasteiger partial charge in [-0.2, -0.15) is 13.2 Å². The highest BCUT2D eigenvalue weighted by atomic mass is 35.5. The van der Waals surface area contributed by atoms with Gasteiger partial charge >= 0.3 is 17.8 Å². The van der Waals surface area contributed by atoms with Crippen LogP contribution in [-0.4, -0.2) is 71.8 Å². The van der Waals surface area contributed by atoms with Crippen LogP contribution in [0.5, 0.6) is 0 Å². The van der Waals surface area contributed by atoms with Crippen LogP contribution in [0.3, 0.4) is 0 Å². The van der Waals surface area contributed by atoms with Crippen LogP contribution < -0.4 is 20.8 Å². The molecule has 1 aliphatic heterocycles. The molecule has 1 aromatic carbocycles. The molecule has 3 aromatic heterocycles. The van der Waals surface area contributed by atoms with Gasteiger partial charge in [0.05, 0.1) is 6.61 Å². The molecule has 21 heteroatoms. The minimum absolute atomic E-state index is 0.0277. The maximum Gasteiger partial charge on any atom is 0.490 e. The zero-order valence-electron chi connectivity index (χ0n) is 20.6. The molecule has 5 rings (SSSR count). The van der Waals surface area contributed by atoms with E-state index in [4.69, 9.17) is 41.3 Å². The molecule has 16 nitrogen and oxygen atoms in total. The van der Waals surface area contributed by atoms with Crippen LogP contribution >= 0.6 is 19.4 Å². The molecule has 0 saturated carbocycles. The molecule has 0 aliphatic carbocycles. The largest absolute Gasteiger partial charge is 0.756 e. The second-order valence-electron chi connectivity index (χ2n) is 8.78. The van der Waals surface area contributed by atoms with Crippen molar-refractivity contribution in [3.63, 3.8) is 0 Å². The van der Waals surface area contributed by atoms with E-state index in [0.717, 1.165) is 5.39 Å². The molecule has 0 radical (unpaired) electrons. The van der Waals surface area contributed by atoms with Crippen molar-refractivity contribution in [1.29, 1.82) is 0 Å². The van der Waals surface area contributed by atoms with Crippen LogP contribution in [0.15, 0.2) is 39.8 Å². The Kier molecular flexibility index (Phi) is 8.68. The van der Waals surface area contributed by atoms with Crippen molar-refractivity contribution in [2.45, 2.75) is 37.3 Å². The number of carboxylic acids is 1. The lowest BCUT2D eigenvalue weighted by Gasteiger charge is -2.19. The number of benzene rings is 1. The number of fused-ring (bicyclic) bond motifs is 2. The maximum absolute atomic E-state index is 12.8. The molecule has 1 aliphatic rings. The number of nitrogens with zero attached hydrogens (tertiary/aromatic N) is 3. The lowest BCUT2D eigenvalue weighted by Crippen LogP contribution is -2.46.